The molecule has 0 radical (unpaired) electrons. The number of hydrogen-bond acceptors (Lipinski definition) is 7. The minimum Gasteiger partial charge on any atom is -0.379 e. The van der Waals surface area contributed by atoms with Gasteiger partial charge in [-0.05, 0) is 30.3 Å². The molecule has 0 unspecified atom stereocenters. The van der Waals surface area contributed by atoms with Crippen LogP contribution >= 0.6 is 35.1 Å². The monoisotopic (exact) mass is 478 g/mol. The molecule has 1 saturated heterocycles. The van der Waals surface area contributed by atoms with E-state index in [0.717, 1.165) is 28.0 Å². The molecule has 10 heteroatoms. The molecule has 1 aliphatic rings. The van der Waals surface area contributed by atoms with Crippen LogP contribution in [0.3, 0.4) is 0 Å². The number of rotatable bonds is 5. The third-order valence-electron chi connectivity index (χ3n) is 5.04. The summed E-state index contributed by atoms with van der Waals surface area (Å²) in [4.78, 5) is 26.5. The van der Waals surface area contributed by atoms with E-state index in [0.29, 0.717) is 42.0 Å². The number of benzene rings is 2. The van der Waals surface area contributed by atoms with Gasteiger partial charge in [0.15, 0.2) is 10.1 Å². The summed E-state index contributed by atoms with van der Waals surface area (Å²) in [6.07, 6.45) is 0. The second-order valence-corrected chi connectivity index (χ2v) is 9.05. The van der Waals surface area contributed by atoms with E-state index in [-0.39, 0.29) is 24.1 Å². The summed E-state index contributed by atoms with van der Waals surface area (Å²) in [5.41, 5.74) is 1.50. The number of amides is 1. The summed E-state index contributed by atoms with van der Waals surface area (Å²) in [6.45, 7) is 4.28. The average Bonchev–Trinajstić information content (AvgIpc) is 3.38. The van der Waals surface area contributed by atoms with Gasteiger partial charge in [0, 0.05) is 26.2 Å². The molecule has 3 heterocycles. The minimum atomic E-state index is -0.310. The highest BCUT2D eigenvalue weighted by Gasteiger charge is 2.25. The maximum atomic E-state index is 13.7. The predicted molar refractivity (Wildman–Crippen MR) is 125 cm³/mol. The first-order valence-corrected chi connectivity index (χ1v) is 11.3. The average molecular weight is 479 g/mol. The number of aromatic nitrogens is 2. The van der Waals surface area contributed by atoms with E-state index < -0.39 is 0 Å². The molecular formula is C21H20ClFN4O2S2. The van der Waals surface area contributed by atoms with Crippen LogP contribution in [0.2, 0.25) is 0 Å². The zero-order valence-corrected chi connectivity index (χ0v) is 18.9. The molecule has 0 spiro atoms. The number of fused-ring (bicyclic) bond motifs is 2. The van der Waals surface area contributed by atoms with Crippen LogP contribution in [0, 0.1) is 5.82 Å². The molecule has 0 atom stereocenters. The molecule has 0 aliphatic carbocycles. The number of para-hydroxylation sites is 1. The van der Waals surface area contributed by atoms with Crippen molar-refractivity contribution in [3.63, 3.8) is 0 Å². The van der Waals surface area contributed by atoms with Gasteiger partial charge in [-0.2, -0.15) is 0 Å². The second-order valence-electron chi connectivity index (χ2n) is 7.01. The molecule has 1 fully saturated rings. The number of hydrogen-bond donors (Lipinski definition) is 0. The lowest BCUT2D eigenvalue weighted by Gasteiger charge is -2.28. The van der Waals surface area contributed by atoms with Crippen molar-refractivity contribution in [2.75, 3.05) is 44.3 Å². The van der Waals surface area contributed by atoms with E-state index in [2.05, 4.69) is 14.9 Å². The lowest BCUT2D eigenvalue weighted by molar-refractivity contribution is 0.0391. The topological polar surface area (TPSA) is 58.6 Å². The molecule has 31 heavy (non-hydrogen) atoms. The number of thiazole rings is 2. The Hall–Kier alpha value is -2.17. The molecule has 5 rings (SSSR count). The van der Waals surface area contributed by atoms with Crippen LogP contribution in [-0.4, -0.2) is 60.2 Å². The molecule has 1 aliphatic heterocycles. The highest BCUT2D eigenvalue weighted by Crippen LogP contribution is 2.31. The van der Waals surface area contributed by atoms with Crippen LogP contribution in [0.4, 0.5) is 9.52 Å². The summed E-state index contributed by atoms with van der Waals surface area (Å²) in [6, 6.07) is 12.2. The smallest absolute Gasteiger partial charge is 0.289 e. The first-order chi connectivity index (χ1) is 14.7. The van der Waals surface area contributed by atoms with Crippen molar-refractivity contribution in [3.8, 4) is 0 Å². The first-order valence-electron chi connectivity index (χ1n) is 9.71. The van der Waals surface area contributed by atoms with Crippen molar-refractivity contribution < 1.29 is 13.9 Å². The minimum absolute atomic E-state index is 0. The first kappa shape index (κ1) is 22.0. The predicted octanol–water partition coefficient (Wildman–Crippen LogP) is 4.45. The Balaban J connectivity index is 0.00000231. The zero-order valence-electron chi connectivity index (χ0n) is 16.5. The molecule has 1 amide bonds. The summed E-state index contributed by atoms with van der Waals surface area (Å²) in [5.74, 6) is -0.487. The number of nitrogens with zero attached hydrogens (tertiary/aromatic N) is 4. The van der Waals surface area contributed by atoms with Crippen LogP contribution < -0.4 is 4.90 Å². The molecule has 0 saturated carbocycles. The van der Waals surface area contributed by atoms with E-state index in [4.69, 9.17) is 4.74 Å². The number of morpholine rings is 1. The van der Waals surface area contributed by atoms with E-state index in [1.807, 2.05) is 24.3 Å². The Kier molecular flexibility index (Phi) is 6.78. The maximum Gasteiger partial charge on any atom is 0.289 e. The van der Waals surface area contributed by atoms with Crippen LogP contribution in [0.5, 0.6) is 0 Å². The Bertz CT molecular complexity index is 1180. The fourth-order valence-corrected chi connectivity index (χ4v) is 5.36. The largest absolute Gasteiger partial charge is 0.379 e. The summed E-state index contributed by atoms with van der Waals surface area (Å²) < 4.78 is 20.8. The molecule has 2 aromatic heterocycles. The van der Waals surface area contributed by atoms with Crippen molar-refractivity contribution in [3.05, 3.63) is 53.3 Å². The van der Waals surface area contributed by atoms with Gasteiger partial charge in [-0.1, -0.05) is 23.5 Å². The number of halogens is 2. The van der Waals surface area contributed by atoms with E-state index in [1.54, 1.807) is 11.0 Å². The van der Waals surface area contributed by atoms with Crippen molar-refractivity contribution in [1.82, 2.24) is 14.9 Å². The van der Waals surface area contributed by atoms with Crippen molar-refractivity contribution in [1.29, 1.82) is 0 Å². The third-order valence-corrected chi connectivity index (χ3v) is 7.10. The summed E-state index contributed by atoms with van der Waals surface area (Å²) in [5, 5.41) is 0.997. The van der Waals surface area contributed by atoms with Gasteiger partial charge in [0.1, 0.15) is 5.82 Å². The summed E-state index contributed by atoms with van der Waals surface area (Å²) >= 11 is 2.70. The second kappa shape index (κ2) is 9.54. The number of carbonyl (C=O) groups is 1. The van der Waals surface area contributed by atoms with Gasteiger partial charge in [0.2, 0.25) is 0 Å². The van der Waals surface area contributed by atoms with E-state index >= 15 is 0 Å². The van der Waals surface area contributed by atoms with E-state index in [9.17, 15) is 9.18 Å². The third kappa shape index (κ3) is 4.70. The van der Waals surface area contributed by atoms with Gasteiger partial charge >= 0.3 is 0 Å². The van der Waals surface area contributed by atoms with Crippen molar-refractivity contribution in [2.24, 2.45) is 0 Å². The SMILES string of the molecule is Cl.O=C(c1nc2ccccc2s1)N(CCN1CCOCC1)c1nc2ccc(F)cc2s1. The Labute approximate surface area is 192 Å². The van der Waals surface area contributed by atoms with Crippen LogP contribution in [-0.2, 0) is 4.74 Å². The normalized spacial score (nSPS) is 14.6. The zero-order chi connectivity index (χ0) is 20.5. The molecule has 4 aromatic rings. The highest BCUT2D eigenvalue weighted by atomic mass is 35.5. The molecule has 2 aromatic carbocycles. The van der Waals surface area contributed by atoms with Gasteiger partial charge in [0.25, 0.3) is 5.91 Å². The molecular weight excluding hydrogens is 459 g/mol. The lowest BCUT2D eigenvalue weighted by Crippen LogP contribution is -2.43. The highest BCUT2D eigenvalue weighted by molar-refractivity contribution is 7.22. The van der Waals surface area contributed by atoms with Crippen molar-refractivity contribution >= 4 is 66.6 Å². The van der Waals surface area contributed by atoms with E-state index in [1.165, 1.54) is 34.8 Å². The molecule has 0 bridgehead atoms. The Morgan fingerprint density at radius 1 is 1.06 bits per heavy atom. The Morgan fingerprint density at radius 3 is 2.65 bits per heavy atom. The fraction of sp³-hybridized carbons (Fsp3) is 0.286. The molecule has 162 valence electrons. The Morgan fingerprint density at radius 2 is 1.84 bits per heavy atom. The van der Waals surface area contributed by atoms with Gasteiger partial charge in [-0.25, -0.2) is 14.4 Å². The number of carbonyl (C=O) groups excluding carboxylic acids is 1. The molecule has 6 nitrogen and oxygen atoms in total. The van der Waals surface area contributed by atoms with Gasteiger partial charge in [-0.15, -0.1) is 23.7 Å². The summed E-state index contributed by atoms with van der Waals surface area (Å²) in [7, 11) is 0. The molecule has 0 N–H and O–H groups in total. The number of anilines is 1. The van der Waals surface area contributed by atoms with Crippen LogP contribution in [0.15, 0.2) is 42.5 Å². The fourth-order valence-electron chi connectivity index (χ4n) is 3.43. The van der Waals surface area contributed by atoms with Crippen LogP contribution in [0.25, 0.3) is 20.4 Å². The van der Waals surface area contributed by atoms with Crippen LogP contribution in [0.1, 0.15) is 9.80 Å². The maximum absolute atomic E-state index is 13.7. The number of ether oxygens (including phenoxy) is 1. The van der Waals surface area contributed by atoms with Crippen molar-refractivity contribution in [2.45, 2.75) is 0 Å². The van der Waals surface area contributed by atoms with Gasteiger partial charge in [0.05, 0.1) is 33.6 Å². The van der Waals surface area contributed by atoms with Gasteiger partial charge < -0.3 is 4.74 Å². The lowest BCUT2D eigenvalue weighted by atomic mass is 10.3. The quantitative estimate of drug-likeness (QED) is 0.424. The van der Waals surface area contributed by atoms with Gasteiger partial charge in [-0.3, -0.25) is 14.6 Å². The standard InChI is InChI=1S/C21H19FN4O2S2.ClH/c22-14-5-6-16-18(13-14)30-21(24-16)26(8-7-25-9-11-28-12-10-25)20(27)19-23-15-3-1-2-4-17(15)29-19;/h1-6,13H,7-12H2;1H.